The Kier molecular flexibility index (Phi) is 4.39. The van der Waals surface area contributed by atoms with Crippen LogP contribution in [0.25, 0.3) is 0 Å². The average Bonchev–Trinajstić information content (AvgIpc) is 3.19. The van der Waals surface area contributed by atoms with Crippen LogP contribution in [-0.4, -0.2) is 8.42 Å². The highest BCUT2D eigenvalue weighted by molar-refractivity contribution is 7.91. The molecule has 0 spiro atoms. The Balaban J connectivity index is 1.98. The van der Waals surface area contributed by atoms with E-state index in [9.17, 15) is 12.8 Å². The van der Waals surface area contributed by atoms with Crippen molar-refractivity contribution in [1.82, 2.24) is 4.72 Å². The fourth-order valence-electron chi connectivity index (χ4n) is 2.03. The third kappa shape index (κ3) is 3.27. The highest BCUT2D eigenvalue weighted by Crippen LogP contribution is 2.29. The van der Waals surface area contributed by atoms with E-state index in [2.05, 4.69) is 4.72 Å². The quantitative estimate of drug-likeness (QED) is 0.753. The second-order valence-corrected chi connectivity index (χ2v) is 8.42. The van der Waals surface area contributed by atoms with Crippen LogP contribution in [0.3, 0.4) is 0 Å². The van der Waals surface area contributed by atoms with Crippen LogP contribution in [0, 0.1) is 5.82 Å². The number of hydrogen-bond donors (Lipinski definition) is 1. The smallest absolute Gasteiger partial charge is 0.207 e. The van der Waals surface area contributed by atoms with Crippen LogP contribution in [0.4, 0.5) is 4.39 Å². The van der Waals surface area contributed by atoms with Crippen molar-refractivity contribution in [2.75, 3.05) is 0 Å². The van der Waals surface area contributed by atoms with E-state index in [-0.39, 0.29) is 10.0 Å². The Morgan fingerprint density at radius 3 is 2.23 bits per heavy atom. The van der Waals surface area contributed by atoms with E-state index in [1.807, 2.05) is 17.5 Å². The summed E-state index contributed by atoms with van der Waals surface area (Å²) in [6.45, 7) is 0. The molecule has 0 aliphatic carbocycles. The van der Waals surface area contributed by atoms with E-state index in [4.69, 9.17) is 0 Å². The molecule has 3 nitrogen and oxygen atoms in total. The number of benzene rings is 1. The van der Waals surface area contributed by atoms with Crippen molar-refractivity contribution < 1.29 is 12.8 Å². The predicted octanol–water partition coefficient (Wildman–Crippen LogP) is 4.02. The van der Waals surface area contributed by atoms with Gasteiger partial charge in [0, 0.05) is 4.88 Å². The van der Waals surface area contributed by atoms with Gasteiger partial charge in [-0.2, -0.15) is 4.72 Å². The van der Waals surface area contributed by atoms with E-state index in [0.717, 1.165) is 16.2 Å². The SMILES string of the molecule is O=S(=O)(N[C@H](c1ccc(F)cc1)c1cccs1)c1cccs1. The van der Waals surface area contributed by atoms with E-state index >= 15 is 0 Å². The third-order valence-corrected chi connectivity index (χ3v) is 6.82. The number of thiophene rings is 2. The van der Waals surface area contributed by atoms with Crippen molar-refractivity contribution in [3.63, 3.8) is 0 Å². The molecule has 0 radical (unpaired) electrons. The van der Waals surface area contributed by atoms with Crippen molar-refractivity contribution in [2.45, 2.75) is 10.3 Å². The molecule has 7 heteroatoms. The molecular formula is C15H12FNO2S3. The van der Waals surface area contributed by atoms with Gasteiger partial charge in [0.1, 0.15) is 10.0 Å². The third-order valence-electron chi connectivity index (χ3n) is 3.06. The van der Waals surface area contributed by atoms with Crippen LogP contribution in [0.2, 0.25) is 0 Å². The minimum absolute atomic E-state index is 0.260. The summed E-state index contributed by atoms with van der Waals surface area (Å²) in [6.07, 6.45) is 0. The van der Waals surface area contributed by atoms with Gasteiger partial charge in [-0.3, -0.25) is 0 Å². The molecule has 2 heterocycles. The molecule has 0 unspecified atom stereocenters. The topological polar surface area (TPSA) is 46.2 Å². The first-order chi connectivity index (χ1) is 10.6. The Bertz CT molecular complexity index is 826. The zero-order valence-corrected chi connectivity index (χ0v) is 13.7. The highest BCUT2D eigenvalue weighted by Gasteiger charge is 2.24. The lowest BCUT2D eigenvalue weighted by atomic mass is 10.1. The zero-order chi connectivity index (χ0) is 15.6. The summed E-state index contributed by atoms with van der Waals surface area (Å²) in [5.41, 5.74) is 0.698. The van der Waals surface area contributed by atoms with Gasteiger partial charge in [0.2, 0.25) is 0 Å². The zero-order valence-electron chi connectivity index (χ0n) is 11.3. The van der Waals surface area contributed by atoms with E-state index in [0.29, 0.717) is 5.56 Å². The van der Waals surface area contributed by atoms with E-state index < -0.39 is 16.1 Å². The Morgan fingerprint density at radius 1 is 0.955 bits per heavy atom. The average molecular weight is 353 g/mol. The van der Waals surface area contributed by atoms with Crippen LogP contribution < -0.4 is 4.72 Å². The first-order valence-electron chi connectivity index (χ1n) is 6.41. The van der Waals surface area contributed by atoms with Crippen LogP contribution in [0.1, 0.15) is 16.5 Å². The second-order valence-electron chi connectivity index (χ2n) is 4.55. The maximum Gasteiger partial charge on any atom is 0.250 e. The fraction of sp³-hybridized carbons (Fsp3) is 0.0667. The van der Waals surface area contributed by atoms with Gasteiger partial charge in [-0.05, 0) is 40.6 Å². The molecule has 3 aromatic rings. The molecule has 0 bridgehead atoms. The fourth-order valence-corrected chi connectivity index (χ4v) is 5.12. The first-order valence-corrected chi connectivity index (χ1v) is 9.65. The Morgan fingerprint density at radius 2 is 1.64 bits per heavy atom. The largest absolute Gasteiger partial charge is 0.250 e. The molecule has 114 valence electrons. The molecule has 1 aromatic carbocycles. The molecule has 2 aromatic heterocycles. The molecule has 0 fully saturated rings. The van der Waals surface area contributed by atoms with Crippen LogP contribution in [-0.2, 0) is 10.0 Å². The summed E-state index contributed by atoms with van der Waals surface area (Å²) in [6, 6.07) is 12.3. The Labute approximate surface area is 136 Å². The summed E-state index contributed by atoms with van der Waals surface area (Å²) < 4.78 is 41.0. The van der Waals surface area contributed by atoms with Gasteiger partial charge in [-0.1, -0.05) is 24.3 Å². The molecule has 22 heavy (non-hydrogen) atoms. The first kappa shape index (κ1) is 15.4. The summed E-state index contributed by atoms with van der Waals surface area (Å²) in [4.78, 5) is 0.853. The molecule has 0 aliphatic rings. The van der Waals surface area contributed by atoms with Crippen molar-refractivity contribution in [3.8, 4) is 0 Å². The summed E-state index contributed by atoms with van der Waals surface area (Å²) in [5.74, 6) is -0.352. The molecule has 0 saturated carbocycles. The maximum absolute atomic E-state index is 13.1. The molecule has 0 aliphatic heterocycles. The van der Waals surface area contributed by atoms with E-state index in [1.54, 1.807) is 29.6 Å². The Hall–Kier alpha value is -1.54. The predicted molar refractivity (Wildman–Crippen MR) is 87.2 cm³/mol. The molecule has 0 saturated heterocycles. The second kappa shape index (κ2) is 6.29. The molecular weight excluding hydrogens is 341 g/mol. The lowest BCUT2D eigenvalue weighted by Crippen LogP contribution is -2.28. The summed E-state index contributed by atoms with van der Waals surface area (Å²) >= 11 is 2.61. The van der Waals surface area contributed by atoms with Crippen molar-refractivity contribution in [2.24, 2.45) is 0 Å². The minimum atomic E-state index is -3.62. The van der Waals surface area contributed by atoms with Crippen LogP contribution >= 0.6 is 22.7 Å². The molecule has 1 atom stereocenters. The normalized spacial score (nSPS) is 13.1. The lowest BCUT2D eigenvalue weighted by Gasteiger charge is -2.17. The number of halogens is 1. The van der Waals surface area contributed by atoms with Gasteiger partial charge in [0.05, 0.1) is 6.04 Å². The summed E-state index contributed by atoms with van der Waals surface area (Å²) in [7, 11) is -3.62. The van der Waals surface area contributed by atoms with Gasteiger partial charge >= 0.3 is 0 Å². The number of hydrogen-bond acceptors (Lipinski definition) is 4. The number of rotatable bonds is 5. The van der Waals surface area contributed by atoms with Crippen molar-refractivity contribution in [1.29, 1.82) is 0 Å². The number of nitrogens with one attached hydrogen (secondary N) is 1. The van der Waals surface area contributed by atoms with Crippen LogP contribution in [0.5, 0.6) is 0 Å². The van der Waals surface area contributed by atoms with Crippen molar-refractivity contribution in [3.05, 3.63) is 75.5 Å². The molecule has 3 rings (SSSR count). The van der Waals surface area contributed by atoms with Crippen LogP contribution in [0.15, 0.2) is 63.5 Å². The summed E-state index contributed by atoms with van der Waals surface area (Å²) in [5, 5.41) is 3.60. The molecule has 0 amide bonds. The van der Waals surface area contributed by atoms with Crippen molar-refractivity contribution >= 4 is 32.7 Å². The minimum Gasteiger partial charge on any atom is -0.207 e. The van der Waals surface area contributed by atoms with E-state index in [1.165, 1.54) is 23.5 Å². The van der Waals surface area contributed by atoms with Gasteiger partial charge in [0.25, 0.3) is 10.0 Å². The maximum atomic E-state index is 13.1. The van der Waals surface area contributed by atoms with Gasteiger partial charge in [0.15, 0.2) is 0 Å². The lowest BCUT2D eigenvalue weighted by molar-refractivity contribution is 0.575. The van der Waals surface area contributed by atoms with Gasteiger partial charge in [-0.25, -0.2) is 12.8 Å². The monoisotopic (exact) mass is 353 g/mol. The van der Waals surface area contributed by atoms with Gasteiger partial charge < -0.3 is 0 Å². The standard InChI is InChI=1S/C15H12FNO2S3/c16-12-7-5-11(6-8-12)15(13-3-1-9-20-13)17-22(18,19)14-4-2-10-21-14/h1-10,15,17H/t15-/m1/s1. The van der Waals surface area contributed by atoms with Gasteiger partial charge in [-0.15, -0.1) is 22.7 Å². The highest BCUT2D eigenvalue weighted by atomic mass is 32.2. The number of sulfonamides is 1. The molecule has 1 N–H and O–H groups in total.